The molecule has 7 nitrogen and oxygen atoms in total. The van der Waals surface area contributed by atoms with Gasteiger partial charge < -0.3 is 5.32 Å². The molecule has 4 bridgehead atoms. The molecule has 0 aliphatic heterocycles. The van der Waals surface area contributed by atoms with E-state index in [1.54, 1.807) is 0 Å². The molecule has 5 saturated carbocycles. The first-order valence-electron chi connectivity index (χ1n) is 11.7. The lowest BCUT2D eigenvalue weighted by Crippen LogP contribution is -2.62. The topological polar surface area (TPSA) is 91.3 Å². The zero-order chi connectivity index (χ0) is 20.7. The molecule has 0 saturated heterocycles. The zero-order valence-corrected chi connectivity index (χ0v) is 18.2. The molecule has 2 amide bonds. The minimum absolute atomic E-state index is 0.0201. The first-order valence-corrected chi connectivity index (χ1v) is 11.7. The molecule has 0 spiro atoms. The first kappa shape index (κ1) is 19.8. The van der Waals surface area contributed by atoms with E-state index in [0.29, 0.717) is 11.9 Å². The molecule has 162 valence electrons. The Kier molecular flexibility index (Phi) is 5.15. The van der Waals surface area contributed by atoms with E-state index in [4.69, 9.17) is 4.99 Å². The largest absolute Gasteiger partial charge is 0.332 e. The lowest BCUT2D eigenvalue weighted by atomic mass is 9.53. The Bertz CT molecular complexity index is 789. The number of hydrogen-bond acceptors (Lipinski definition) is 4. The number of aliphatic imine (C=N–C) groups is 1. The van der Waals surface area contributed by atoms with Gasteiger partial charge in [-0.2, -0.15) is 0 Å². The number of anilines is 1. The maximum absolute atomic E-state index is 13.1. The predicted molar refractivity (Wildman–Crippen MR) is 117 cm³/mol. The molecule has 6 rings (SSSR count). The molecule has 5 aliphatic carbocycles. The van der Waals surface area contributed by atoms with Crippen molar-refractivity contribution in [3.8, 4) is 0 Å². The lowest BCUT2D eigenvalue weighted by molar-refractivity contribution is -0.0132. The second-order valence-corrected chi connectivity index (χ2v) is 10.3. The number of rotatable bonds is 3. The van der Waals surface area contributed by atoms with Gasteiger partial charge in [0.1, 0.15) is 0 Å². The Morgan fingerprint density at radius 2 is 1.57 bits per heavy atom. The third-order valence-corrected chi connectivity index (χ3v) is 7.50. The number of carbonyl (C=O) groups excluding carboxylic acids is 1. The molecular formula is C23H34N6O. The molecule has 0 radical (unpaired) electrons. The van der Waals surface area contributed by atoms with E-state index in [1.807, 2.05) is 19.9 Å². The molecule has 0 aromatic carbocycles. The van der Waals surface area contributed by atoms with Crippen LogP contribution in [-0.4, -0.2) is 33.5 Å². The highest BCUT2D eigenvalue weighted by Crippen LogP contribution is 2.55. The van der Waals surface area contributed by atoms with Gasteiger partial charge >= 0.3 is 6.03 Å². The quantitative estimate of drug-likeness (QED) is 0.517. The summed E-state index contributed by atoms with van der Waals surface area (Å²) in [4.78, 5) is 26.8. The van der Waals surface area contributed by atoms with Crippen molar-refractivity contribution in [1.82, 2.24) is 20.6 Å². The Hall–Kier alpha value is -2.18. The van der Waals surface area contributed by atoms with Gasteiger partial charge in [-0.05, 0) is 89.0 Å². The van der Waals surface area contributed by atoms with Crippen molar-refractivity contribution in [2.75, 3.05) is 5.32 Å². The number of nitrogens with one attached hydrogen (secondary N) is 3. The molecule has 3 N–H and O–H groups in total. The number of aromatic nitrogens is 2. The van der Waals surface area contributed by atoms with Gasteiger partial charge in [-0.3, -0.25) is 10.6 Å². The van der Waals surface area contributed by atoms with Gasteiger partial charge in [0, 0.05) is 16.9 Å². The summed E-state index contributed by atoms with van der Waals surface area (Å²) >= 11 is 0. The van der Waals surface area contributed by atoms with Crippen LogP contribution in [0.25, 0.3) is 0 Å². The molecule has 1 heterocycles. The summed E-state index contributed by atoms with van der Waals surface area (Å²) in [5.41, 5.74) is 1.76. The Balaban J connectivity index is 1.30. The van der Waals surface area contributed by atoms with Crippen molar-refractivity contribution in [2.45, 2.75) is 89.6 Å². The molecular weight excluding hydrogens is 376 g/mol. The number of urea groups is 1. The summed E-state index contributed by atoms with van der Waals surface area (Å²) in [5.74, 6) is 3.34. The molecule has 0 atom stereocenters. The molecule has 30 heavy (non-hydrogen) atoms. The van der Waals surface area contributed by atoms with Crippen molar-refractivity contribution >= 4 is 17.9 Å². The van der Waals surface area contributed by atoms with Crippen molar-refractivity contribution in [2.24, 2.45) is 22.7 Å². The summed E-state index contributed by atoms with van der Waals surface area (Å²) < 4.78 is 0. The van der Waals surface area contributed by atoms with Gasteiger partial charge in [0.05, 0.1) is 6.04 Å². The first-order chi connectivity index (χ1) is 14.4. The van der Waals surface area contributed by atoms with E-state index < -0.39 is 0 Å². The van der Waals surface area contributed by atoms with Crippen molar-refractivity contribution in [3.05, 3.63) is 17.5 Å². The van der Waals surface area contributed by atoms with Crippen molar-refractivity contribution < 1.29 is 4.79 Å². The minimum atomic E-state index is -0.148. The highest BCUT2D eigenvalue weighted by molar-refractivity contribution is 6.03. The van der Waals surface area contributed by atoms with Crippen LogP contribution in [0.15, 0.2) is 11.1 Å². The second-order valence-electron chi connectivity index (χ2n) is 10.3. The van der Waals surface area contributed by atoms with Crippen LogP contribution < -0.4 is 16.0 Å². The maximum atomic E-state index is 13.1. The van der Waals surface area contributed by atoms with E-state index in [0.717, 1.165) is 61.2 Å². The monoisotopic (exact) mass is 410 g/mol. The fourth-order valence-electron chi connectivity index (χ4n) is 6.84. The highest BCUT2D eigenvalue weighted by Gasteiger charge is 2.51. The smallest absolute Gasteiger partial charge is 0.321 e. The van der Waals surface area contributed by atoms with Crippen LogP contribution in [0.5, 0.6) is 0 Å². The third-order valence-electron chi connectivity index (χ3n) is 7.50. The Morgan fingerprint density at radius 1 is 1.00 bits per heavy atom. The van der Waals surface area contributed by atoms with Crippen LogP contribution in [0, 0.1) is 31.6 Å². The maximum Gasteiger partial charge on any atom is 0.321 e. The highest BCUT2D eigenvalue weighted by atomic mass is 16.2. The third kappa shape index (κ3) is 4.30. The number of aryl methyl sites for hydroxylation is 2. The van der Waals surface area contributed by atoms with Gasteiger partial charge in [-0.25, -0.2) is 19.8 Å². The number of guanidine groups is 1. The fourth-order valence-corrected chi connectivity index (χ4v) is 6.84. The van der Waals surface area contributed by atoms with E-state index in [1.165, 1.54) is 32.1 Å². The van der Waals surface area contributed by atoms with Gasteiger partial charge in [-0.15, -0.1) is 0 Å². The van der Waals surface area contributed by atoms with Crippen LogP contribution in [0.1, 0.15) is 75.6 Å². The zero-order valence-electron chi connectivity index (χ0n) is 18.2. The summed E-state index contributed by atoms with van der Waals surface area (Å²) in [7, 11) is 0. The van der Waals surface area contributed by atoms with Crippen LogP contribution >= 0.6 is 0 Å². The predicted octanol–water partition coefficient (Wildman–Crippen LogP) is 4.07. The van der Waals surface area contributed by atoms with E-state index in [9.17, 15) is 4.79 Å². The molecule has 7 heteroatoms. The summed E-state index contributed by atoms with van der Waals surface area (Å²) in [6.07, 6.45) is 12.0. The van der Waals surface area contributed by atoms with Crippen LogP contribution in [0.3, 0.4) is 0 Å². The fraction of sp³-hybridized carbons (Fsp3) is 0.739. The van der Waals surface area contributed by atoms with Gasteiger partial charge in [-0.1, -0.05) is 12.8 Å². The Morgan fingerprint density at radius 3 is 2.13 bits per heavy atom. The van der Waals surface area contributed by atoms with Gasteiger partial charge in [0.25, 0.3) is 0 Å². The number of hydrogen-bond donors (Lipinski definition) is 3. The second kappa shape index (κ2) is 7.82. The molecule has 1 aromatic heterocycles. The SMILES string of the molecule is Cc1cc(C)nc(NC(=NC2CCCC2)NC(=O)NC23CC4CC(CC(C4)C2)C3)n1. The normalized spacial score (nSPS) is 33.0. The number of amides is 2. The molecule has 1 aromatic rings. The van der Waals surface area contributed by atoms with E-state index in [-0.39, 0.29) is 17.6 Å². The molecule has 5 fully saturated rings. The van der Waals surface area contributed by atoms with Crippen molar-refractivity contribution in [3.63, 3.8) is 0 Å². The van der Waals surface area contributed by atoms with Crippen molar-refractivity contribution in [1.29, 1.82) is 0 Å². The summed E-state index contributed by atoms with van der Waals surface area (Å²) in [6.45, 7) is 3.89. The standard InChI is InChI=1S/C23H34N6O/c1-14-7-15(2)25-20(24-14)27-21(26-19-5-3-4-6-19)28-22(30)29-23-11-16-8-17(12-23)10-18(9-16)13-23/h7,16-19H,3-6,8-13H2,1-2H3,(H3,24,25,26,27,28,29,30). The molecule has 5 aliphatic rings. The summed E-state index contributed by atoms with van der Waals surface area (Å²) in [6, 6.07) is 2.04. The van der Waals surface area contributed by atoms with Gasteiger partial charge in [0.15, 0.2) is 0 Å². The number of carbonyl (C=O) groups is 1. The lowest BCUT2D eigenvalue weighted by Gasteiger charge is -2.56. The minimum Gasteiger partial charge on any atom is -0.332 e. The Labute approximate surface area is 178 Å². The van der Waals surface area contributed by atoms with E-state index in [2.05, 4.69) is 25.9 Å². The van der Waals surface area contributed by atoms with Crippen LogP contribution in [-0.2, 0) is 0 Å². The van der Waals surface area contributed by atoms with Crippen LogP contribution in [0.4, 0.5) is 10.7 Å². The van der Waals surface area contributed by atoms with E-state index >= 15 is 0 Å². The average molecular weight is 411 g/mol. The number of nitrogens with zero attached hydrogens (tertiary/aromatic N) is 3. The van der Waals surface area contributed by atoms with Gasteiger partial charge in [0.2, 0.25) is 11.9 Å². The molecule has 0 unspecified atom stereocenters. The summed E-state index contributed by atoms with van der Waals surface area (Å²) in [5, 5.41) is 9.57. The van der Waals surface area contributed by atoms with Crippen LogP contribution in [0.2, 0.25) is 0 Å². The average Bonchev–Trinajstić information content (AvgIpc) is 3.11.